The van der Waals surface area contributed by atoms with Gasteiger partial charge >= 0.3 is 0 Å². The summed E-state index contributed by atoms with van der Waals surface area (Å²) in [6, 6.07) is 2.13. The molecule has 1 aliphatic heterocycles. The highest BCUT2D eigenvalue weighted by Gasteiger charge is 2.36. The Morgan fingerprint density at radius 3 is 2.94 bits per heavy atom. The largest absolute Gasteiger partial charge is 0.366 e. The number of primary amides is 1. The SMILES string of the molecule is NC(=O)c1ccn2c1C(=O)N[C@@H]1CCCC[C@H]12. The standard InChI is InChI=1S/C12H15N3O2/c13-11(16)7-5-6-15-9-4-2-1-3-8(9)14-12(17)10(7)15/h5-6,8-9H,1-4H2,(H2,13,16)(H,14,17)/t8-,9-/m1/s1. The first-order valence-corrected chi connectivity index (χ1v) is 6.00. The summed E-state index contributed by atoms with van der Waals surface area (Å²) in [5, 5.41) is 2.99. The van der Waals surface area contributed by atoms with Gasteiger partial charge in [-0.15, -0.1) is 0 Å². The van der Waals surface area contributed by atoms with Gasteiger partial charge in [-0.05, 0) is 18.9 Å². The van der Waals surface area contributed by atoms with Crippen molar-refractivity contribution >= 4 is 11.8 Å². The van der Waals surface area contributed by atoms with Crippen LogP contribution in [-0.4, -0.2) is 22.4 Å². The second-order valence-corrected chi connectivity index (χ2v) is 4.78. The fourth-order valence-corrected chi connectivity index (χ4v) is 3.01. The van der Waals surface area contributed by atoms with E-state index < -0.39 is 5.91 Å². The molecule has 1 aliphatic carbocycles. The average molecular weight is 233 g/mol. The van der Waals surface area contributed by atoms with E-state index in [-0.39, 0.29) is 18.0 Å². The molecule has 5 nitrogen and oxygen atoms in total. The van der Waals surface area contributed by atoms with Crippen molar-refractivity contribution in [3.63, 3.8) is 0 Å². The van der Waals surface area contributed by atoms with Crippen LogP contribution in [0.3, 0.4) is 0 Å². The zero-order chi connectivity index (χ0) is 12.0. The number of nitrogens with zero attached hydrogens (tertiary/aromatic N) is 1. The van der Waals surface area contributed by atoms with Crippen molar-refractivity contribution < 1.29 is 9.59 Å². The van der Waals surface area contributed by atoms with Crippen LogP contribution in [0.1, 0.15) is 52.6 Å². The van der Waals surface area contributed by atoms with E-state index in [4.69, 9.17) is 5.73 Å². The van der Waals surface area contributed by atoms with Crippen molar-refractivity contribution in [3.05, 3.63) is 23.5 Å². The fourth-order valence-electron chi connectivity index (χ4n) is 3.01. The number of aromatic nitrogens is 1. The van der Waals surface area contributed by atoms with Crippen LogP contribution in [0.4, 0.5) is 0 Å². The lowest BCUT2D eigenvalue weighted by atomic mass is 9.88. The first kappa shape index (κ1) is 10.4. The molecular formula is C12H15N3O2. The third-order valence-corrected chi connectivity index (χ3v) is 3.80. The zero-order valence-electron chi connectivity index (χ0n) is 9.48. The third kappa shape index (κ3) is 1.45. The molecule has 2 aliphatic rings. The predicted molar refractivity (Wildman–Crippen MR) is 61.7 cm³/mol. The molecule has 2 amide bonds. The molecule has 0 aromatic carbocycles. The summed E-state index contributed by atoms with van der Waals surface area (Å²) in [6.45, 7) is 0. The Kier molecular flexibility index (Phi) is 2.21. The number of amides is 2. The normalized spacial score (nSPS) is 26.9. The Labute approximate surface area is 99.0 Å². The monoisotopic (exact) mass is 233 g/mol. The first-order valence-electron chi connectivity index (χ1n) is 6.00. The van der Waals surface area contributed by atoms with Crippen molar-refractivity contribution in [3.8, 4) is 0 Å². The van der Waals surface area contributed by atoms with Gasteiger partial charge in [-0.3, -0.25) is 9.59 Å². The molecule has 0 radical (unpaired) electrons. The highest BCUT2D eigenvalue weighted by Crippen LogP contribution is 2.34. The van der Waals surface area contributed by atoms with Crippen LogP contribution in [0.5, 0.6) is 0 Å². The fraction of sp³-hybridized carbons (Fsp3) is 0.500. The Balaban J connectivity index is 2.09. The Morgan fingerprint density at radius 1 is 1.41 bits per heavy atom. The molecule has 17 heavy (non-hydrogen) atoms. The molecule has 2 heterocycles. The van der Waals surface area contributed by atoms with Crippen molar-refractivity contribution in [1.29, 1.82) is 0 Å². The average Bonchev–Trinajstić information content (AvgIpc) is 2.74. The van der Waals surface area contributed by atoms with Crippen LogP contribution in [-0.2, 0) is 0 Å². The number of nitrogens with two attached hydrogens (primary N) is 1. The summed E-state index contributed by atoms with van der Waals surface area (Å²) in [6.07, 6.45) is 6.20. The molecule has 0 unspecified atom stereocenters. The minimum atomic E-state index is -0.539. The van der Waals surface area contributed by atoms with E-state index in [2.05, 4.69) is 5.32 Å². The van der Waals surface area contributed by atoms with Crippen LogP contribution in [0, 0.1) is 0 Å². The Morgan fingerprint density at radius 2 is 2.18 bits per heavy atom. The molecule has 1 aromatic heterocycles. The molecule has 3 rings (SSSR count). The molecular weight excluding hydrogens is 218 g/mol. The van der Waals surface area contributed by atoms with Crippen LogP contribution in [0.2, 0.25) is 0 Å². The molecule has 1 saturated carbocycles. The predicted octanol–water partition coefficient (Wildman–Crippen LogP) is 0.814. The van der Waals surface area contributed by atoms with E-state index in [0.717, 1.165) is 19.3 Å². The number of hydrogen-bond acceptors (Lipinski definition) is 2. The second kappa shape index (κ2) is 3.61. The molecule has 3 N–H and O–H groups in total. The number of rotatable bonds is 1. The third-order valence-electron chi connectivity index (χ3n) is 3.80. The van der Waals surface area contributed by atoms with Crippen molar-refractivity contribution in [1.82, 2.24) is 9.88 Å². The summed E-state index contributed by atoms with van der Waals surface area (Å²) in [5.41, 5.74) is 6.04. The highest BCUT2D eigenvalue weighted by molar-refractivity contribution is 6.06. The van der Waals surface area contributed by atoms with Gasteiger partial charge in [0.05, 0.1) is 11.6 Å². The van der Waals surface area contributed by atoms with Crippen molar-refractivity contribution in [2.75, 3.05) is 0 Å². The molecule has 1 aromatic rings. The van der Waals surface area contributed by atoms with Crippen LogP contribution >= 0.6 is 0 Å². The van der Waals surface area contributed by atoms with Crippen LogP contribution in [0.15, 0.2) is 12.3 Å². The van der Waals surface area contributed by atoms with Gasteiger partial charge in [0.2, 0.25) is 0 Å². The Hall–Kier alpha value is -1.78. The smallest absolute Gasteiger partial charge is 0.269 e. The minimum absolute atomic E-state index is 0.174. The van der Waals surface area contributed by atoms with E-state index in [1.165, 1.54) is 6.42 Å². The van der Waals surface area contributed by atoms with Gasteiger partial charge in [0.15, 0.2) is 0 Å². The minimum Gasteiger partial charge on any atom is -0.366 e. The Bertz CT molecular complexity index is 492. The van der Waals surface area contributed by atoms with Gasteiger partial charge in [-0.2, -0.15) is 0 Å². The summed E-state index contributed by atoms with van der Waals surface area (Å²) in [7, 11) is 0. The molecule has 0 spiro atoms. The van der Waals surface area contributed by atoms with E-state index in [1.54, 1.807) is 6.07 Å². The molecule has 5 heteroatoms. The number of nitrogens with one attached hydrogen (secondary N) is 1. The van der Waals surface area contributed by atoms with Crippen molar-refractivity contribution in [2.45, 2.75) is 37.8 Å². The summed E-state index contributed by atoms with van der Waals surface area (Å²) in [4.78, 5) is 23.3. The van der Waals surface area contributed by atoms with Gasteiger partial charge in [-0.1, -0.05) is 12.8 Å². The number of carbonyl (C=O) groups excluding carboxylic acids is 2. The topological polar surface area (TPSA) is 77.1 Å². The second-order valence-electron chi connectivity index (χ2n) is 4.78. The molecule has 90 valence electrons. The summed E-state index contributed by atoms with van der Waals surface area (Å²) < 4.78 is 1.93. The quantitative estimate of drug-likeness (QED) is 0.753. The van der Waals surface area contributed by atoms with E-state index in [0.29, 0.717) is 11.3 Å². The van der Waals surface area contributed by atoms with E-state index in [9.17, 15) is 9.59 Å². The lowest BCUT2D eigenvalue weighted by Crippen LogP contribution is -2.49. The van der Waals surface area contributed by atoms with Crippen LogP contribution < -0.4 is 11.1 Å². The molecule has 1 fully saturated rings. The maximum atomic E-state index is 12.0. The number of hydrogen-bond donors (Lipinski definition) is 2. The maximum Gasteiger partial charge on any atom is 0.269 e. The van der Waals surface area contributed by atoms with E-state index in [1.807, 2.05) is 10.8 Å². The van der Waals surface area contributed by atoms with Crippen LogP contribution in [0.25, 0.3) is 0 Å². The van der Waals surface area contributed by atoms with Crippen molar-refractivity contribution in [2.24, 2.45) is 5.73 Å². The lowest BCUT2D eigenvalue weighted by Gasteiger charge is -2.38. The molecule has 0 bridgehead atoms. The van der Waals surface area contributed by atoms with Gasteiger partial charge in [0.25, 0.3) is 11.8 Å². The highest BCUT2D eigenvalue weighted by atomic mass is 16.2. The first-order chi connectivity index (χ1) is 8.18. The summed E-state index contributed by atoms with van der Waals surface area (Å²) >= 11 is 0. The van der Waals surface area contributed by atoms with Gasteiger partial charge < -0.3 is 15.6 Å². The number of carbonyl (C=O) groups is 2. The van der Waals surface area contributed by atoms with Gasteiger partial charge in [0, 0.05) is 12.2 Å². The molecule has 0 saturated heterocycles. The zero-order valence-corrected chi connectivity index (χ0v) is 9.48. The van der Waals surface area contributed by atoms with E-state index >= 15 is 0 Å². The van der Waals surface area contributed by atoms with Gasteiger partial charge in [-0.25, -0.2) is 0 Å². The van der Waals surface area contributed by atoms with Gasteiger partial charge in [0.1, 0.15) is 5.69 Å². The number of fused-ring (bicyclic) bond motifs is 3. The molecule has 2 atom stereocenters. The lowest BCUT2D eigenvalue weighted by molar-refractivity contribution is 0.0842. The maximum absolute atomic E-state index is 12.0. The summed E-state index contributed by atoms with van der Waals surface area (Å²) in [5.74, 6) is -0.713.